The van der Waals surface area contributed by atoms with Crippen LogP contribution in [0.15, 0.2) is 30.3 Å². The molecule has 2 nitrogen and oxygen atoms in total. The molecule has 1 aliphatic heterocycles. The predicted molar refractivity (Wildman–Crippen MR) is 106 cm³/mol. The zero-order valence-electron chi connectivity index (χ0n) is 17.0. The Labute approximate surface area is 151 Å². The van der Waals surface area contributed by atoms with Crippen molar-refractivity contribution in [2.24, 2.45) is 11.8 Å². The molecule has 2 rings (SSSR count). The highest BCUT2D eigenvalue weighted by molar-refractivity contribution is 5.17. The van der Waals surface area contributed by atoms with Gasteiger partial charge in [-0.3, -0.25) is 0 Å². The van der Waals surface area contributed by atoms with Crippen molar-refractivity contribution >= 4 is 0 Å². The molecule has 1 aromatic carbocycles. The van der Waals surface area contributed by atoms with Crippen LogP contribution >= 0.6 is 0 Å². The van der Waals surface area contributed by atoms with Crippen molar-refractivity contribution in [3.05, 3.63) is 35.9 Å². The van der Waals surface area contributed by atoms with Gasteiger partial charge < -0.3 is 9.47 Å². The Balaban J connectivity index is 0.000000367. The van der Waals surface area contributed by atoms with Crippen molar-refractivity contribution in [3.8, 4) is 0 Å². The summed E-state index contributed by atoms with van der Waals surface area (Å²) < 4.78 is 10.4. The van der Waals surface area contributed by atoms with Gasteiger partial charge in [-0.05, 0) is 36.2 Å². The van der Waals surface area contributed by atoms with E-state index in [2.05, 4.69) is 72.7 Å². The standard InChI is InChI=1S/C9H18O2.C9H12.C4H10/c1-8(2)4-3-5-10-6-9-7-11-9;1-8(2)9-6-4-3-5-7-9;1-4(2)3/h8-9H,3-7H2,1-2H3;3-8H,1-2H3;4H,1-3H3. The van der Waals surface area contributed by atoms with Crippen molar-refractivity contribution in [2.45, 2.75) is 73.3 Å². The van der Waals surface area contributed by atoms with E-state index in [9.17, 15) is 0 Å². The molecular weight excluding hydrogens is 296 g/mol. The number of hydrogen-bond donors (Lipinski definition) is 0. The van der Waals surface area contributed by atoms with Crippen LogP contribution in [0.25, 0.3) is 0 Å². The molecule has 0 N–H and O–H groups in total. The molecular formula is C22H40O2. The van der Waals surface area contributed by atoms with Gasteiger partial charge in [-0.15, -0.1) is 0 Å². The SMILES string of the molecule is CC(C)C.CC(C)CCCOCC1CO1.CC(C)c1ccccc1. The van der Waals surface area contributed by atoms with Gasteiger partial charge in [0.2, 0.25) is 0 Å². The third-order valence-corrected chi connectivity index (χ3v) is 3.24. The largest absolute Gasteiger partial charge is 0.379 e. The molecule has 24 heavy (non-hydrogen) atoms. The van der Waals surface area contributed by atoms with Gasteiger partial charge in [-0.2, -0.15) is 0 Å². The Morgan fingerprint density at radius 2 is 1.54 bits per heavy atom. The zero-order valence-corrected chi connectivity index (χ0v) is 17.0. The smallest absolute Gasteiger partial charge is 0.104 e. The molecule has 0 spiro atoms. The maximum atomic E-state index is 5.38. The fraction of sp³-hybridized carbons (Fsp3) is 0.727. The van der Waals surface area contributed by atoms with Crippen LogP contribution in [0.2, 0.25) is 0 Å². The van der Waals surface area contributed by atoms with Gasteiger partial charge in [0, 0.05) is 6.61 Å². The average molecular weight is 337 g/mol. The van der Waals surface area contributed by atoms with E-state index < -0.39 is 0 Å². The highest BCUT2D eigenvalue weighted by Gasteiger charge is 2.21. The summed E-state index contributed by atoms with van der Waals surface area (Å²) in [5.41, 5.74) is 1.41. The number of benzene rings is 1. The summed E-state index contributed by atoms with van der Waals surface area (Å²) in [6.07, 6.45) is 2.88. The van der Waals surface area contributed by atoms with Gasteiger partial charge in [0.05, 0.1) is 13.2 Å². The molecule has 0 bridgehead atoms. The Morgan fingerprint density at radius 3 is 1.92 bits per heavy atom. The molecule has 0 saturated carbocycles. The van der Waals surface area contributed by atoms with Gasteiger partial charge >= 0.3 is 0 Å². The van der Waals surface area contributed by atoms with Gasteiger partial charge in [-0.1, -0.05) is 78.8 Å². The summed E-state index contributed by atoms with van der Waals surface area (Å²) in [6.45, 7) is 18.0. The van der Waals surface area contributed by atoms with Crippen LogP contribution in [0.3, 0.4) is 0 Å². The van der Waals surface area contributed by atoms with Crippen LogP contribution in [0.1, 0.15) is 72.8 Å². The summed E-state index contributed by atoms with van der Waals surface area (Å²) in [6, 6.07) is 10.5. The molecule has 2 heteroatoms. The third kappa shape index (κ3) is 17.5. The minimum absolute atomic E-state index is 0.425. The van der Waals surface area contributed by atoms with Crippen LogP contribution in [-0.4, -0.2) is 25.9 Å². The molecule has 0 aromatic heterocycles. The van der Waals surface area contributed by atoms with Crippen molar-refractivity contribution in [2.75, 3.05) is 19.8 Å². The lowest BCUT2D eigenvalue weighted by Crippen LogP contribution is -2.03. The molecule has 1 fully saturated rings. The summed E-state index contributed by atoms with van der Waals surface area (Å²) >= 11 is 0. The van der Waals surface area contributed by atoms with E-state index >= 15 is 0 Å². The Hall–Kier alpha value is -0.860. The van der Waals surface area contributed by atoms with Crippen molar-refractivity contribution < 1.29 is 9.47 Å². The Kier molecular flexibility index (Phi) is 14.0. The Morgan fingerprint density at radius 1 is 1.00 bits per heavy atom. The van der Waals surface area contributed by atoms with E-state index in [-0.39, 0.29) is 0 Å². The first kappa shape index (κ1) is 23.1. The van der Waals surface area contributed by atoms with Crippen molar-refractivity contribution in [1.82, 2.24) is 0 Å². The molecule has 0 radical (unpaired) electrons. The van der Waals surface area contributed by atoms with Crippen LogP contribution in [0, 0.1) is 11.8 Å². The molecule has 1 heterocycles. The first-order chi connectivity index (χ1) is 11.3. The molecule has 0 amide bonds. The maximum absolute atomic E-state index is 5.38. The lowest BCUT2D eigenvalue weighted by Gasteiger charge is -2.04. The van der Waals surface area contributed by atoms with Crippen molar-refractivity contribution in [3.63, 3.8) is 0 Å². The quantitative estimate of drug-likeness (QED) is 0.430. The normalized spacial score (nSPS) is 15.7. The van der Waals surface area contributed by atoms with Crippen molar-refractivity contribution in [1.29, 1.82) is 0 Å². The molecule has 1 aromatic rings. The predicted octanol–water partition coefficient (Wildman–Crippen LogP) is 6.31. The monoisotopic (exact) mass is 336 g/mol. The highest BCUT2D eigenvalue weighted by atomic mass is 16.6. The van der Waals surface area contributed by atoms with E-state index in [1.165, 1.54) is 18.4 Å². The average Bonchev–Trinajstić information content (AvgIpc) is 3.32. The molecule has 1 saturated heterocycles. The van der Waals surface area contributed by atoms with Gasteiger partial charge in [-0.25, -0.2) is 0 Å². The van der Waals surface area contributed by atoms with E-state index in [0.29, 0.717) is 12.0 Å². The molecule has 1 unspecified atom stereocenters. The van der Waals surface area contributed by atoms with E-state index in [1.54, 1.807) is 0 Å². The summed E-state index contributed by atoms with van der Waals surface area (Å²) in [7, 11) is 0. The summed E-state index contributed by atoms with van der Waals surface area (Å²) in [5, 5.41) is 0. The van der Waals surface area contributed by atoms with Crippen LogP contribution in [0.5, 0.6) is 0 Å². The van der Waals surface area contributed by atoms with Gasteiger partial charge in [0.15, 0.2) is 0 Å². The maximum Gasteiger partial charge on any atom is 0.104 e. The van der Waals surface area contributed by atoms with Gasteiger partial charge in [0.1, 0.15) is 6.10 Å². The lowest BCUT2D eigenvalue weighted by molar-refractivity contribution is 0.111. The zero-order chi connectivity index (χ0) is 18.4. The van der Waals surface area contributed by atoms with Gasteiger partial charge in [0.25, 0.3) is 0 Å². The van der Waals surface area contributed by atoms with E-state index in [4.69, 9.17) is 9.47 Å². The topological polar surface area (TPSA) is 21.8 Å². The Bertz CT molecular complexity index is 360. The lowest BCUT2D eigenvalue weighted by atomic mass is 10.0. The van der Waals surface area contributed by atoms with E-state index in [1.807, 2.05) is 6.07 Å². The number of rotatable bonds is 7. The number of ether oxygens (including phenoxy) is 2. The molecule has 140 valence electrons. The van der Waals surface area contributed by atoms with Crippen LogP contribution in [0.4, 0.5) is 0 Å². The second-order valence-electron chi connectivity index (χ2n) is 7.86. The second kappa shape index (κ2) is 14.5. The molecule has 1 aliphatic rings. The third-order valence-electron chi connectivity index (χ3n) is 3.24. The minimum Gasteiger partial charge on any atom is -0.379 e. The first-order valence-corrected chi connectivity index (χ1v) is 9.57. The fourth-order valence-corrected chi connectivity index (χ4v) is 1.81. The molecule has 1 atom stereocenters. The van der Waals surface area contributed by atoms with E-state index in [0.717, 1.165) is 31.7 Å². The minimum atomic E-state index is 0.425. The number of hydrogen-bond acceptors (Lipinski definition) is 2. The number of epoxide rings is 1. The van der Waals surface area contributed by atoms with Crippen LogP contribution < -0.4 is 0 Å². The fourth-order valence-electron chi connectivity index (χ4n) is 1.81. The summed E-state index contributed by atoms with van der Waals surface area (Å²) in [5.74, 6) is 2.29. The molecule has 0 aliphatic carbocycles. The first-order valence-electron chi connectivity index (χ1n) is 9.57. The summed E-state index contributed by atoms with van der Waals surface area (Å²) in [4.78, 5) is 0. The second-order valence-corrected chi connectivity index (χ2v) is 7.86. The highest BCUT2D eigenvalue weighted by Crippen LogP contribution is 2.11. The van der Waals surface area contributed by atoms with Crippen LogP contribution in [-0.2, 0) is 9.47 Å².